The second-order valence-electron chi connectivity index (χ2n) is 6.19. The molecule has 1 aliphatic heterocycles. The highest BCUT2D eigenvalue weighted by Gasteiger charge is 2.33. The molecular weight excluding hydrogens is 320 g/mol. The SMILES string of the molecule is CCc1cc(C(=O)N2CCCC2c2ccc(CNC(C)=O)cn2)on1. The number of carbonyl (C=O) groups excluding carboxylic acids is 2. The van der Waals surface area contributed by atoms with Crippen molar-refractivity contribution in [1.82, 2.24) is 20.4 Å². The third-order valence-corrected chi connectivity index (χ3v) is 4.38. The molecule has 25 heavy (non-hydrogen) atoms. The number of nitrogens with one attached hydrogen (secondary N) is 1. The van der Waals surface area contributed by atoms with E-state index in [1.165, 1.54) is 6.92 Å². The van der Waals surface area contributed by atoms with Crippen LogP contribution in [-0.4, -0.2) is 33.4 Å². The fraction of sp³-hybridized carbons (Fsp3) is 0.444. The molecule has 7 heteroatoms. The maximum Gasteiger partial charge on any atom is 0.293 e. The van der Waals surface area contributed by atoms with Crippen molar-refractivity contribution >= 4 is 11.8 Å². The van der Waals surface area contributed by atoms with Gasteiger partial charge in [-0.3, -0.25) is 14.6 Å². The Hall–Kier alpha value is -2.70. The number of pyridine rings is 1. The van der Waals surface area contributed by atoms with Crippen molar-refractivity contribution in [3.05, 3.63) is 47.1 Å². The van der Waals surface area contributed by atoms with E-state index in [0.717, 1.165) is 36.2 Å². The zero-order valence-electron chi connectivity index (χ0n) is 14.5. The van der Waals surface area contributed by atoms with Crippen molar-refractivity contribution in [1.29, 1.82) is 0 Å². The van der Waals surface area contributed by atoms with Crippen molar-refractivity contribution in [2.24, 2.45) is 0 Å². The van der Waals surface area contributed by atoms with Crippen LogP contribution in [0.4, 0.5) is 0 Å². The zero-order chi connectivity index (χ0) is 17.8. The van der Waals surface area contributed by atoms with E-state index in [4.69, 9.17) is 4.52 Å². The van der Waals surface area contributed by atoms with Crippen LogP contribution < -0.4 is 5.32 Å². The van der Waals surface area contributed by atoms with E-state index in [0.29, 0.717) is 13.1 Å². The van der Waals surface area contributed by atoms with E-state index in [-0.39, 0.29) is 23.6 Å². The number of aryl methyl sites for hydroxylation is 1. The second kappa shape index (κ2) is 7.46. The summed E-state index contributed by atoms with van der Waals surface area (Å²) in [4.78, 5) is 30.0. The summed E-state index contributed by atoms with van der Waals surface area (Å²) in [5, 5.41) is 6.64. The Morgan fingerprint density at radius 2 is 2.24 bits per heavy atom. The molecule has 7 nitrogen and oxygen atoms in total. The highest BCUT2D eigenvalue weighted by atomic mass is 16.5. The quantitative estimate of drug-likeness (QED) is 0.900. The molecule has 0 radical (unpaired) electrons. The van der Waals surface area contributed by atoms with Gasteiger partial charge >= 0.3 is 0 Å². The molecule has 1 aliphatic rings. The number of likely N-dealkylation sites (tertiary alicyclic amines) is 1. The van der Waals surface area contributed by atoms with Crippen LogP contribution in [-0.2, 0) is 17.8 Å². The molecule has 2 aromatic heterocycles. The molecule has 0 saturated carbocycles. The minimum Gasteiger partial charge on any atom is -0.352 e. The predicted octanol–water partition coefficient (Wildman–Crippen LogP) is 2.25. The molecular formula is C18H22N4O3. The summed E-state index contributed by atoms with van der Waals surface area (Å²) in [6.45, 7) is 4.59. The molecule has 132 valence electrons. The fourth-order valence-corrected chi connectivity index (χ4v) is 3.00. The molecule has 1 fully saturated rings. The molecule has 1 unspecified atom stereocenters. The highest BCUT2D eigenvalue weighted by molar-refractivity contribution is 5.92. The minimum absolute atomic E-state index is 0.0579. The van der Waals surface area contributed by atoms with E-state index in [1.807, 2.05) is 19.1 Å². The summed E-state index contributed by atoms with van der Waals surface area (Å²) in [7, 11) is 0. The van der Waals surface area contributed by atoms with Crippen LogP contribution in [0, 0.1) is 0 Å². The van der Waals surface area contributed by atoms with Gasteiger partial charge in [0.25, 0.3) is 5.91 Å². The summed E-state index contributed by atoms with van der Waals surface area (Å²) in [5.41, 5.74) is 2.56. The number of amides is 2. The van der Waals surface area contributed by atoms with Crippen molar-refractivity contribution in [2.75, 3.05) is 6.54 Å². The van der Waals surface area contributed by atoms with Gasteiger partial charge in [0.15, 0.2) is 0 Å². The summed E-state index contributed by atoms with van der Waals surface area (Å²) in [6.07, 6.45) is 4.28. The van der Waals surface area contributed by atoms with E-state index in [9.17, 15) is 9.59 Å². The van der Waals surface area contributed by atoms with Crippen molar-refractivity contribution in [2.45, 2.75) is 45.7 Å². The Bertz CT molecular complexity index is 754. The lowest BCUT2D eigenvalue weighted by atomic mass is 10.1. The fourth-order valence-electron chi connectivity index (χ4n) is 3.00. The van der Waals surface area contributed by atoms with Gasteiger partial charge in [0.05, 0.1) is 17.4 Å². The number of carbonyl (C=O) groups is 2. The maximum absolute atomic E-state index is 12.7. The molecule has 2 amide bonds. The monoisotopic (exact) mass is 342 g/mol. The molecule has 0 aromatic carbocycles. The third kappa shape index (κ3) is 3.87. The molecule has 3 rings (SSSR count). The van der Waals surface area contributed by atoms with Crippen LogP contribution in [0.2, 0.25) is 0 Å². The van der Waals surface area contributed by atoms with Crippen molar-refractivity contribution in [3.8, 4) is 0 Å². The lowest BCUT2D eigenvalue weighted by Crippen LogP contribution is -2.30. The van der Waals surface area contributed by atoms with E-state index in [1.54, 1.807) is 17.2 Å². The Balaban J connectivity index is 1.72. The Kier molecular flexibility index (Phi) is 5.11. The molecule has 3 heterocycles. The second-order valence-corrected chi connectivity index (χ2v) is 6.19. The van der Waals surface area contributed by atoms with Gasteiger partial charge in [-0.1, -0.05) is 18.1 Å². The number of hydrogen-bond acceptors (Lipinski definition) is 5. The maximum atomic E-state index is 12.7. The number of aromatic nitrogens is 2. The molecule has 0 spiro atoms. The van der Waals surface area contributed by atoms with Gasteiger partial charge < -0.3 is 14.7 Å². The normalized spacial score (nSPS) is 16.9. The highest BCUT2D eigenvalue weighted by Crippen LogP contribution is 2.32. The van der Waals surface area contributed by atoms with Gasteiger partial charge in [-0.25, -0.2) is 0 Å². The first-order chi connectivity index (χ1) is 12.1. The van der Waals surface area contributed by atoms with Crippen molar-refractivity contribution in [3.63, 3.8) is 0 Å². The Morgan fingerprint density at radius 3 is 2.88 bits per heavy atom. The molecule has 1 saturated heterocycles. The molecule has 0 bridgehead atoms. The molecule has 2 aromatic rings. The Morgan fingerprint density at radius 1 is 1.40 bits per heavy atom. The first-order valence-corrected chi connectivity index (χ1v) is 8.54. The number of hydrogen-bond donors (Lipinski definition) is 1. The lowest BCUT2D eigenvalue weighted by Gasteiger charge is -2.23. The van der Waals surface area contributed by atoms with Crippen LogP contribution in [0.3, 0.4) is 0 Å². The number of rotatable bonds is 5. The summed E-state index contributed by atoms with van der Waals surface area (Å²) >= 11 is 0. The van der Waals surface area contributed by atoms with E-state index in [2.05, 4.69) is 15.5 Å². The largest absolute Gasteiger partial charge is 0.352 e. The standard InChI is InChI=1S/C18H22N4O3/c1-3-14-9-17(25-21-14)18(24)22-8-4-5-16(22)15-7-6-13(11-20-15)10-19-12(2)23/h6-7,9,11,16H,3-5,8,10H2,1-2H3,(H,19,23). The summed E-state index contributed by atoms with van der Waals surface area (Å²) in [5.74, 6) is 0.0694. The topological polar surface area (TPSA) is 88.3 Å². The van der Waals surface area contributed by atoms with Gasteiger partial charge in [0, 0.05) is 32.3 Å². The van der Waals surface area contributed by atoms with Crippen LogP contribution >= 0.6 is 0 Å². The molecule has 0 aliphatic carbocycles. The third-order valence-electron chi connectivity index (χ3n) is 4.38. The predicted molar refractivity (Wildman–Crippen MR) is 90.7 cm³/mol. The van der Waals surface area contributed by atoms with Crippen LogP contribution in [0.1, 0.15) is 60.2 Å². The summed E-state index contributed by atoms with van der Waals surface area (Å²) in [6, 6.07) is 5.51. The number of nitrogens with zero attached hydrogens (tertiary/aromatic N) is 3. The molecule has 1 atom stereocenters. The van der Waals surface area contributed by atoms with Crippen molar-refractivity contribution < 1.29 is 14.1 Å². The Labute approximate surface area is 146 Å². The summed E-state index contributed by atoms with van der Waals surface area (Å²) < 4.78 is 5.19. The van der Waals surface area contributed by atoms with Gasteiger partial charge in [-0.15, -0.1) is 0 Å². The van der Waals surface area contributed by atoms with Crippen LogP contribution in [0.5, 0.6) is 0 Å². The van der Waals surface area contributed by atoms with Crippen LogP contribution in [0.25, 0.3) is 0 Å². The van der Waals surface area contributed by atoms with Gasteiger partial charge in [0.1, 0.15) is 0 Å². The first kappa shape index (κ1) is 17.1. The van der Waals surface area contributed by atoms with E-state index < -0.39 is 0 Å². The molecule has 1 N–H and O–H groups in total. The minimum atomic E-state index is -0.140. The first-order valence-electron chi connectivity index (χ1n) is 8.54. The van der Waals surface area contributed by atoms with E-state index >= 15 is 0 Å². The zero-order valence-corrected chi connectivity index (χ0v) is 14.5. The lowest BCUT2D eigenvalue weighted by molar-refractivity contribution is -0.119. The van der Waals surface area contributed by atoms with Gasteiger partial charge in [-0.05, 0) is 30.9 Å². The van der Waals surface area contributed by atoms with Gasteiger partial charge in [-0.2, -0.15) is 0 Å². The smallest absolute Gasteiger partial charge is 0.293 e. The van der Waals surface area contributed by atoms with Gasteiger partial charge in [0.2, 0.25) is 11.7 Å². The van der Waals surface area contributed by atoms with Crippen LogP contribution in [0.15, 0.2) is 28.9 Å². The average Bonchev–Trinajstić information content (AvgIpc) is 3.29. The average molecular weight is 342 g/mol.